The molecule has 1 heterocycles. The molecule has 1 aromatic heterocycles. The van der Waals surface area contributed by atoms with Crippen LogP contribution in [-0.2, 0) is 4.79 Å². The lowest BCUT2D eigenvalue weighted by atomic mass is 10.1. The zero-order chi connectivity index (χ0) is 13.0. The summed E-state index contributed by atoms with van der Waals surface area (Å²) in [5.74, 6) is -0.0763. The molecule has 0 aliphatic carbocycles. The van der Waals surface area contributed by atoms with E-state index in [-0.39, 0.29) is 11.9 Å². The molecule has 0 radical (unpaired) electrons. The van der Waals surface area contributed by atoms with Crippen molar-refractivity contribution in [1.82, 2.24) is 9.97 Å². The van der Waals surface area contributed by atoms with E-state index in [1.54, 1.807) is 18.5 Å². The number of nitrogens with zero attached hydrogens (tertiary/aromatic N) is 2. The highest BCUT2D eigenvalue weighted by atomic mass is 16.1. The molecule has 18 heavy (non-hydrogen) atoms. The first kappa shape index (κ1) is 12.4. The Morgan fingerprint density at radius 3 is 2.78 bits per heavy atom. The zero-order valence-corrected chi connectivity index (χ0v) is 10.3. The summed E-state index contributed by atoms with van der Waals surface area (Å²) in [4.78, 5) is 20.0. The smallest absolute Gasteiger partial charge is 0.225 e. The van der Waals surface area contributed by atoms with Crippen molar-refractivity contribution in [2.24, 2.45) is 5.73 Å². The van der Waals surface area contributed by atoms with E-state index in [2.05, 4.69) is 15.3 Å². The van der Waals surface area contributed by atoms with Crippen molar-refractivity contribution in [2.75, 3.05) is 5.32 Å². The Labute approximate surface area is 105 Å². The number of carbonyl (C=O) groups is 1. The van der Waals surface area contributed by atoms with Gasteiger partial charge in [0.05, 0.1) is 11.0 Å². The summed E-state index contributed by atoms with van der Waals surface area (Å²) in [6.07, 6.45) is 4.38. The van der Waals surface area contributed by atoms with Gasteiger partial charge in [-0.25, -0.2) is 0 Å². The van der Waals surface area contributed by atoms with E-state index in [4.69, 9.17) is 5.73 Å². The van der Waals surface area contributed by atoms with Crippen molar-refractivity contribution in [3.05, 3.63) is 30.6 Å². The third-order valence-corrected chi connectivity index (χ3v) is 2.73. The number of aromatic nitrogens is 2. The number of carbonyl (C=O) groups excluding carboxylic acids is 1. The fourth-order valence-electron chi connectivity index (χ4n) is 1.64. The van der Waals surface area contributed by atoms with E-state index in [0.717, 1.165) is 23.1 Å². The van der Waals surface area contributed by atoms with Gasteiger partial charge < -0.3 is 11.1 Å². The molecule has 5 heteroatoms. The van der Waals surface area contributed by atoms with E-state index in [9.17, 15) is 4.79 Å². The summed E-state index contributed by atoms with van der Waals surface area (Å²) in [6.45, 7) is 1.96. The van der Waals surface area contributed by atoms with E-state index in [0.29, 0.717) is 6.42 Å². The highest BCUT2D eigenvalue weighted by Crippen LogP contribution is 2.15. The van der Waals surface area contributed by atoms with Crippen LogP contribution in [-0.4, -0.2) is 21.9 Å². The van der Waals surface area contributed by atoms with E-state index >= 15 is 0 Å². The Bertz CT molecular complexity index is 555. The van der Waals surface area contributed by atoms with Crippen molar-refractivity contribution in [2.45, 2.75) is 25.8 Å². The number of rotatable bonds is 4. The van der Waals surface area contributed by atoms with Gasteiger partial charge in [0.15, 0.2) is 0 Å². The third-order valence-electron chi connectivity index (χ3n) is 2.73. The van der Waals surface area contributed by atoms with Crippen LogP contribution in [0.4, 0.5) is 5.69 Å². The topological polar surface area (TPSA) is 80.9 Å². The van der Waals surface area contributed by atoms with E-state index in [1.165, 1.54) is 0 Å². The quantitative estimate of drug-likeness (QED) is 0.857. The molecule has 0 bridgehead atoms. The van der Waals surface area contributed by atoms with Crippen LogP contribution < -0.4 is 11.1 Å². The monoisotopic (exact) mass is 244 g/mol. The van der Waals surface area contributed by atoms with Crippen LogP contribution in [0.1, 0.15) is 19.8 Å². The summed E-state index contributed by atoms with van der Waals surface area (Å²) in [5.41, 5.74) is 8.02. The Morgan fingerprint density at radius 1 is 1.33 bits per heavy atom. The van der Waals surface area contributed by atoms with E-state index in [1.807, 2.05) is 19.1 Å². The summed E-state index contributed by atoms with van der Waals surface area (Å²) < 4.78 is 0. The number of nitrogens with one attached hydrogen (secondary N) is 1. The van der Waals surface area contributed by atoms with Crippen molar-refractivity contribution in [3.63, 3.8) is 0 Å². The van der Waals surface area contributed by atoms with Crippen molar-refractivity contribution in [3.8, 4) is 0 Å². The first-order chi connectivity index (χ1) is 8.69. The van der Waals surface area contributed by atoms with Gasteiger partial charge in [0.1, 0.15) is 0 Å². The molecule has 2 aromatic rings. The minimum Gasteiger partial charge on any atom is -0.327 e. The first-order valence-corrected chi connectivity index (χ1v) is 5.95. The number of nitrogens with two attached hydrogens (primary N) is 1. The van der Waals surface area contributed by atoms with Crippen molar-refractivity contribution >= 4 is 22.6 Å². The van der Waals surface area contributed by atoms with Gasteiger partial charge in [-0.15, -0.1) is 0 Å². The van der Waals surface area contributed by atoms with Crippen molar-refractivity contribution in [1.29, 1.82) is 0 Å². The maximum atomic E-state index is 11.7. The molecule has 0 aliphatic rings. The zero-order valence-electron chi connectivity index (χ0n) is 10.3. The average Bonchev–Trinajstić information content (AvgIpc) is 2.38. The highest BCUT2D eigenvalue weighted by molar-refractivity contribution is 5.93. The maximum absolute atomic E-state index is 11.7. The number of hydrogen-bond acceptors (Lipinski definition) is 4. The normalized spacial score (nSPS) is 12.3. The van der Waals surface area contributed by atoms with Gasteiger partial charge in [0.2, 0.25) is 5.91 Å². The van der Waals surface area contributed by atoms with Crippen LogP contribution in [0.3, 0.4) is 0 Å². The SMILES string of the molecule is CCC(N)CC(=O)Nc1ccc2nccnc2c1. The fourth-order valence-corrected chi connectivity index (χ4v) is 1.64. The largest absolute Gasteiger partial charge is 0.327 e. The number of anilines is 1. The lowest BCUT2D eigenvalue weighted by molar-refractivity contribution is -0.116. The number of hydrogen-bond donors (Lipinski definition) is 2. The number of fused-ring (bicyclic) bond motifs is 1. The summed E-state index contributed by atoms with van der Waals surface area (Å²) in [5, 5.41) is 2.81. The molecular weight excluding hydrogens is 228 g/mol. The molecule has 0 fully saturated rings. The molecule has 5 nitrogen and oxygen atoms in total. The standard InChI is InChI=1S/C13H16N4O/c1-2-9(14)7-13(18)17-10-3-4-11-12(8-10)16-6-5-15-11/h3-6,8-9H,2,7,14H2,1H3,(H,17,18). The highest BCUT2D eigenvalue weighted by Gasteiger charge is 2.08. The molecule has 0 aliphatic heterocycles. The first-order valence-electron chi connectivity index (χ1n) is 5.95. The molecule has 3 N–H and O–H groups in total. The molecule has 1 unspecified atom stereocenters. The van der Waals surface area contributed by atoms with Gasteiger partial charge >= 0.3 is 0 Å². The lowest BCUT2D eigenvalue weighted by Gasteiger charge is -2.09. The molecule has 1 amide bonds. The van der Waals surface area contributed by atoms with Crippen LogP contribution in [0.2, 0.25) is 0 Å². The Hall–Kier alpha value is -2.01. The molecule has 1 aromatic carbocycles. The number of benzene rings is 1. The van der Waals surface area contributed by atoms with Crippen LogP contribution in [0, 0.1) is 0 Å². The second-order valence-electron chi connectivity index (χ2n) is 4.18. The third kappa shape index (κ3) is 3.01. The van der Waals surface area contributed by atoms with Gasteiger partial charge in [-0.2, -0.15) is 0 Å². The van der Waals surface area contributed by atoms with E-state index < -0.39 is 0 Å². The predicted octanol–water partition coefficient (Wildman–Crippen LogP) is 1.70. The molecular formula is C13H16N4O. The van der Waals surface area contributed by atoms with Gasteiger partial charge in [0, 0.05) is 30.5 Å². The van der Waals surface area contributed by atoms with Crippen molar-refractivity contribution < 1.29 is 4.79 Å². The molecule has 0 saturated heterocycles. The van der Waals surface area contributed by atoms with Crippen LogP contribution >= 0.6 is 0 Å². The lowest BCUT2D eigenvalue weighted by Crippen LogP contribution is -2.26. The molecule has 0 spiro atoms. The second-order valence-corrected chi connectivity index (χ2v) is 4.18. The van der Waals surface area contributed by atoms with Crippen LogP contribution in [0.15, 0.2) is 30.6 Å². The predicted molar refractivity (Wildman–Crippen MR) is 71.1 cm³/mol. The summed E-state index contributed by atoms with van der Waals surface area (Å²) >= 11 is 0. The van der Waals surface area contributed by atoms with Crippen LogP contribution in [0.25, 0.3) is 11.0 Å². The maximum Gasteiger partial charge on any atom is 0.225 e. The minimum absolute atomic E-state index is 0.0763. The minimum atomic E-state index is -0.0924. The van der Waals surface area contributed by atoms with Gasteiger partial charge in [-0.05, 0) is 24.6 Å². The molecule has 94 valence electrons. The molecule has 0 saturated carbocycles. The molecule has 1 atom stereocenters. The Kier molecular flexibility index (Phi) is 3.84. The fraction of sp³-hybridized carbons (Fsp3) is 0.308. The van der Waals surface area contributed by atoms with Gasteiger partial charge in [-0.1, -0.05) is 6.92 Å². The number of amides is 1. The Balaban J connectivity index is 2.10. The summed E-state index contributed by atoms with van der Waals surface area (Å²) in [7, 11) is 0. The average molecular weight is 244 g/mol. The summed E-state index contributed by atoms with van der Waals surface area (Å²) in [6, 6.07) is 5.35. The van der Waals surface area contributed by atoms with Gasteiger partial charge in [0.25, 0.3) is 0 Å². The van der Waals surface area contributed by atoms with Gasteiger partial charge in [-0.3, -0.25) is 14.8 Å². The molecule has 2 rings (SSSR count). The van der Waals surface area contributed by atoms with Crippen LogP contribution in [0.5, 0.6) is 0 Å². The second kappa shape index (κ2) is 5.55. The Morgan fingerprint density at radius 2 is 2.06 bits per heavy atom.